The lowest BCUT2D eigenvalue weighted by atomic mass is 10.1. The van der Waals surface area contributed by atoms with Crippen LogP contribution in [0.15, 0.2) is 22.7 Å². The number of hydrogen-bond donors (Lipinski definition) is 1. The third kappa shape index (κ3) is 3.52. The molecule has 0 spiro atoms. The molecule has 0 aliphatic heterocycles. The summed E-state index contributed by atoms with van der Waals surface area (Å²) in [7, 11) is 0. The van der Waals surface area contributed by atoms with Crippen LogP contribution in [0.3, 0.4) is 0 Å². The summed E-state index contributed by atoms with van der Waals surface area (Å²) >= 11 is 9.37. The van der Waals surface area contributed by atoms with Crippen LogP contribution in [0.1, 0.15) is 26.6 Å². The first-order valence-electron chi connectivity index (χ1n) is 6.32. The first-order valence-corrected chi connectivity index (χ1v) is 7.64. The smallest absolute Gasteiger partial charge is 0.240 e. The zero-order chi connectivity index (χ0) is 14.9. The Labute approximate surface area is 131 Å². The Morgan fingerprint density at radius 1 is 1.45 bits per heavy atom. The van der Waals surface area contributed by atoms with E-state index in [9.17, 15) is 4.79 Å². The molecule has 0 fully saturated rings. The van der Waals surface area contributed by atoms with Gasteiger partial charge in [0.1, 0.15) is 12.4 Å². The number of nitrogens with one attached hydrogen (secondary N) is 1. The molecular weight excluding hydrogens is 342 g/mol. The molecule has 1 aromatic carbocycles. The maximum absolute atomic E-state index is 12.1. The molecular formula is C14H17BrClN3O. The summed E-state index contributed by atoms with van der Waals surface area (Å²) in [6, 6.07) is 5.78. The van der Waals surface area contributed by atoms with E-state index in [2.05, 4.69) is 26.2 Å². The predicted octanol–water partition coefficient (Wildman–Crippen LogP) is 3.45. The SMILES string of the molecule is CC(C)(C)NC(=O)Cn1c(CCl)nc2ccc(Br)cc21. The average Bonchev–Trinajstić information content (AvgIpc) is 2.64. The molecule has 0 atom stereocenters. The van der Waals surface area contributed by atoms with Crippen molar-refractivity contribution in [2.24, 2.45) is 0 Å². The van der Waals surface area contributed by atoms with Gasteiger partial charge >= 0.3 is 0 Å². The highest BCUT2D eigenvalue weighted by atomic mass is 79.9. The molecule has 0 saturated carbocycles. The topological polar surface area (TPSA) is 46.9 Å². The number of carbonyl (C=O) groups excluding carboxylic acids is 1. The van der Waals surface area contributed by atoms with Gasteiger partial charge < -0.3 is 9.88 Å². The van der Waals surface area contributed by atoms with Crippen LogP contribution in [0.2, 0.25) is 0 Å². The summed E-state index contributed by atoms with van der Waals surface area (Å²) in [5.41, 5.74) is 1.49. The standard InChI is InChI=1S/C14H17BrClN3O/c1-14(2,3)18-13(20)8-19-11-6-9(15)4-5-10(11)17-12(19)7-16/h4-6H,7-8H2,1-3H3,(H,18,20). The van der Waals surface area contributed by atoms with Crippen molar-refractivity contribution < 1.29 is 4.79 Å². The van der Waals surface area contributed by atoms with E-state index in [-0.39, 0.29) is 23.9 Å². The number of nitrogens with zero attached hydrogens (tertiary/aromatic N) is 2. The highest BCUT2D eigenvalue weighted by Crippen LogP contribution is 2.22. The number of carbonyl (C=O) groups is 1. The lowest BCUT2D eigenvalue weighted by Gasteiger charge is -2.21. The molecule has 1 N–H and O–H groups in total. The number of imidazole rings is 1. The molecule has 4 nitrogen and oxygen atoms in total. The maximum Gasteiger partial charge on any atom is 0.240 e. The van der Waals surface area contributed by atoms with Crippen LogP contribution < -0.4 is 5.32 Å². The van der Waals surface area contributed by atoms with E-state index in [1.165, 1.54) is 0 Å². The number of hydrogen-bond acceptors (Lipinski definition) is 2. The number of fused-ring (bicyclic) bond motifs is 1. The van der Waals surface area contributed by atoms with E-state index in [1.54, 1.807) is 0 Å². The average molecular weight is 359 g/mol. The van der Waals surface area contributed by atoms with Gasteiger partial charge in [-0.05, 0) is 39.0 Å². The molecule has 1 aromatic heterocycles. The first-order chi connectivity index (χ1) is 9.30. The largest absolute Gasteiger partial charge is 0.350 e. The van der Waals surface area contributed by atoms with E-state index in [1.807, 2.05) is 43.5 Å². The van der Waals surface area contributed by atoms with Gasteiger partial charge in [0.15, 0.2) is 0 Å². The number of aromatic nitrogens is 2. The summed E-state index contributed by atoms with van der Waals surface area (Å²) < 4.78 is 2.80. The van der Waals surface area contributed by atoms with Crippen molar-refractivity contribution in [3.8, 4) is 0 Å². The minimum atomic E-state index is -0.255. The minimum absolute atomic E-state index is 0.0526. The first kappa shape index (κ1) is 15.3. The molecule has 0 aliphatic carbocycles. The van der Waals surface area contributed by atoms with Gasteiger partial charge in [-0.25, -0.2) is 4.98 Å². The van der Waals surface area contributed by atoms with E-state index >= 15 is 0 Å². The van der Waals surface area contributed by atoms with E-state index in [0.29, 0.717) is 5.82 Å². The number of amides is 1. The lowest BCUT2D eigenvalue weighted by Crippen LogP contribution is -2.42. The maximum atomic E-state index is 12.1. The molecule has 108 valence electrons. The third-order valence-electron chi connectivity index (χ3n) is 2.72. The normalized spacial score (nSPS) is 11.8. The molecule has 0 saturated heterocycles. The van der Waals surface area contributed by atoms with Crippen molar-refractivity contribution in [2.45, 2.75) is 38.7 Å². The van der Waals surface area contributed by atoms with Crippen LogP contribution in [0.5, 0.6) is 0 Å². The molecule has 6 heteroatoms. The van der Waals surface area contributed by atoms with Crippen LogP contribution in [0.4, 0.5) is 0 Å². The van der Waals surface area contributed by atoms with Gasteiger partial charge in [0.2, 0.25) is 5.91 Å². The lowest BCUT2D eigenvalue weighted by molar-refractivity contribution is -0.123. The molecule has 0 radical (unpaired) electrons. The fourth-order valence-electron chi connectivity index (χ4n) is 2.03. The van der Waals surface area contributed by atoms with E-state index in [0.717, 1.165) is 15.5 Å². The monoisotopic (exact) mass is 357 g/mol. The van der Waals surface area contributed by atoms with Crippen molar-refractivity contribution in [3.63, 3.8) is 0 Å². The number of rotatable bonds is 3. The van der Waals surface area contributed by atoms with Gasteiger partial charge in [-0.15, -0.1) is 11.6 Å². The summed E-state index contributed by atoms with van der Waals surface area (Å²) in [5.74, 6) is 0.918. The van der Waals surface area contributed by atoms with Gasteiger partial charge in [-0.1, -0.05) is 15.9 Å². The predicted molar refractivity (Wildman–Crippen MR) is 84.9 cm³/mol. The van der Waals surface area contributed by atoms with Gasteiger partial charge in [0.25, 0.3) is 0 Å². The van der Waals surface area contributed by atoms with Crippen LogP contribution in [-0.2, 0) is 17.2 Å². The zero-order valence-electron chi connectivity index (χ0n) is 11.7. The second-order valence-electron chi connectivity index (χ2n) is 5.68. The highest BCUT2D eigenvalue weighted by Gasteiger charge is 2.17. The van der Waals surface area contributed by atoms with Gasteiger partial charge in [-0.3, -0.25) is 4.79 Å². The fourth-order valence-corrected chi connectivity index (χ4v) is 2.58. The molecule has 0 unspecified atom stereocenters. The third-order valence-corrected chi connectivity index (χ3v) is 3.46. The Balaban J connectivity index is 2.37. The van der Waals surface area contributed by atoms with Gasteiger partial charge in [0, 0.05) is 10.0 Å². The van der Waals surface area contributed by atoms with Crippen LogP contribution in [0.25, 0.3) is 11.0 Å². The van der Waals surface area contributed by atoms with Crippen molar-refractivity contribution in [2.75, 3.05) is 0 Å². The Hall–Kier alpha value is -1.07. The fraction of sp³-hybridized carbons (Fsp3) is 0.429. The Morgan fingerprint density at radius 2 is 2.15 bits per heavy atom. The highest BCUT2D eigenvalue weighted by molar-refractivity contribution is 9.10. The summed E-state index contributed by atoms with van der Waals surface area (Å²) in [4.78, 5) is 16.6. The molecule has 20 heavy (non-hydrogen) atoms. The number of halogens is 2. The minimum Gasteiger partial charge on any atom is -0.350 e. The van der Waals surface area contributed by atoms with Crippen LogP contribution in [0, 0.1) is 0 Å². The number of benzene rings is 1. The molecule has 0 aliphatic rings. The van der Waals surface area contributed by atoms with Crippen molar-refractivity contribution >= 4 is 44.5 Å². The Morgan fingerprint density at radius 3 is 2.75 bits per heavy atom. The number of alkyl halides is 1. The summed E-state index contributed by atoms with van der Waals surface area (Å²) in [6.45, 7) is 6.08. The Bertz CT molecular complexity index is 646. The van der Waals surface area contributed by atoms with Gasteiger partial charge in [0.05, 0.1) is 16.9 Å². The Kier molecular flexibility index (Phi) is 4.39. The summed E-state index contributed by atoms with van der Waals surface area (Å²) in [6.07, 6.45) is 0. The van der Waals surface area contributed by atoms with Crippen molar-refractivity contribution in [1.29, 1.82) is 0 Å². The van der Waals surface area contributed by atoms with E-state index in [4.69, 9.17) is 11.6 Å². The second kappa shape index (κ2) is 5.74. The molecule has 2 aromatic rings. The molecule has 2 rings (SSSR count). The van der Waals surface area contributed by atoms with Crippen molar-refractivity contribution in [3.05, 3.63) is 28.5 Å². The molecule has 0 bridgehead atoms. The molecule has 1 heterocycles. The van der Waals surface area contributed by atoms with Gasteiger partial charge in [-0.2, -0.15) is 0 Å². The van der Waals surface area contributed by atoms with E-state index < -0.39 is 0 Å². The second-order valence-corrected chi connectivity index (χ2v) is 6.86. The van der Waals surface area contributed by atoms with Crippen molar-refractivity contribution in [1.82, 2.24) is 14.9 Å². The molecule has 1 amide bonds. The summed E-state index contributed by atoms with van der Waals surface area (Å²) in [5, 5.41) is 2.95. The van der Waals surface area contributed by atoms with Crippen LogP contribution >= 0.6 is 27.5 Å². The zero-order valence-corrected chi connectivity index (χ0v) is 14.0. The quantitative estimate of drug-likeness (QED) is 0.854. The van der Waals surface area contributed by atoms with Crippen LogP contribution in [-0.4, -0.2) is 21.0 Å².